The zero-order valence-corrected chi connectivity index (χ0v) is 11.9. The SMILES string of the molecule is COc1ccc(C(F)(F)F)cc1-c1cccc(C)c1C(=O)O. The summed E-state index contributed by atoms with van der Waals surface area (Å²) in [4.78, 5) is 11.4. The normalized spacial score (nSPS) is 11.3. The van der Waals surface area contributed by atoms with Crippen molar-refractivity contribution in [3.05, 3.63) is 53.1 Å². The second kappa shape index (κ2) is 5.71. The Morgan fingerprint density at radius 3 is 2.36 bits per heavy atom. The number of alkyl halides is 3. The highest BCUT2D eigenvalue weighted by atomic mass is 19.4. The number of rotatable bonds is 3. The third-order valence-corrected chi connectivity index (χ3v) is 3.30. The fourth-order valence-corrected chi connectivity index (χ4v) is 2.27. The van der Waals surface area contributed by atoms with Crippen molar-refractivity contribution in [3.63, 3.8) is 0 Å². The van der Waals surface area contributed by atoms with Gasteiger partial charge in [0.25, 0.3) is 0 Å². The monoisotopic (exact) mass is 310 g/mol. The Labute approximate surface area is 125 Å². The lowest BCUT2D eigenvalue weighted by Crippen LogP contribution is -2.07. The van der Waals surface area contributed by atoms with Crippen LogP contribution >= 0.6 is 0 Å². The first-order valence-corrected chi connectivity index (χ1v) is 6.34. The Bertz CT molecular complexity index is 721. The van der Waals surface area contributed by atoms with Crippen LogP contribution in [0.25, 0.3) is 11.1 Å². The maximum absolute atomic E-state index is 12.9. The second-order valence-corrected chi connectivity index (χ2v) is 4.72. The minimum atomic E-state index is -4.52. The third-order valence-electron chi connectivity index (χ3n) is 3.30. The van der Waals surface area contributed by atoms with Gasteiger partial charge in [-0.3, -0.25) is 0 Å². The second-order valence-electron chi connectivity index (χ2n) is 4.72. The van der Waals surface area contributed by atoms with Gasteiger partial charge < -0.3 is 9.84 Å². The van der Waals surface area contributed by atoms with Crippen LogP contribution < -0.4 is 4.74 Å². The molecule has 6 heteroatoms. The van der Waals surface area contributed by atoms with Crippen molar-refractivity contribution >= 4 is 5.97 Å². The number of hydrogen-bond donors (Lipinski definition) is 1. The largest absolute Gasteiger partial charge is 0.496 e. The molecule has 0 saturated heterocycles. The number of carboxylic acids is 1. The summed E-state index contributed by atoms with van der Waals surface area (Å²) >= 11 is 0. The smallest absolute Gasteiger partial charge is 0.416 e. The molecule has 0 unspecified atom stereocenters. The van der Waals surface area contributed by atoms with Crippen molar-refractivity contribution < 1.29 is 27.8 Å². The van der Waals surface area contributed by atoms with Crippen molar-refractivity contribution in [3.8, 4) is 16.9 Å². The summed E-state index contributed by atoms with van der Waals surface area (Å²) in [6, 6.07) is 7.64. The van der Waals surface area contributed by atoms with Gasteiger partial charge in [-0.1, -0.05) is 18.2 Å². The van der Waals surface area contributed by atoms with E-state index in [9.17, 15) is 23.1 Å². The van der Waals surface area contributed by atoms with Gasteiger partial charge in [-0.15, -0.1) is 0 Å². The molecule has 0 aliphatic rings. The minimum Gasteiger partial charge on any atom is -0.496 e. The number of carboxylic acid groups (broad SMARTS) is 1. The van der Waals surface area contributed by atoms with Gasteiger partial charge in [0.05, 0.1) is 18.2 Å². The molecule has 0 aliphatic heterocycles. The van der Waals surface area contributed by atoms with E-state index in [1.807, 2.05) is 0 Å². The molecule has 0 atom stereocenters. The van der Waals surface area contributed by atoms with Crippen LogP contribution in [0.2, 0.25) is 0 Å². The van der Waals surface area contributed by atoms with Crippen molar-refractivity contribution in [1.82, 2.24) is 0 Å². The molecule has 0 fully saturated rings. The molecule has 0 saturated carbocycles. The quantitative estimate of drug-likeness (QED) is 0.914. The maximum Gasteiger partial charge on any atom is 0.416 e. The Hall–Kier alpha value is -2.50. The molecule has 0 radical (unpaired) electrons. The van der Waals surface area contributed by atoms with Crippen LogP contribution in [-0.4, -0.2) is 18.2 Å². The molecule has 2 rings (SSSR count). The lowest BCUT2D eigenvalue weighted by atomic mass is 9.94. The number of hydrogen-bond acceptors (Lipinski definition) is 2. The molecule has 0 bridgehead atoms. The lowest BCUT2D eigenvalue weighted by molar-refractivity contribution is -0.137. The summed E-state index contributed by atoms with van der Waals surface area (Å²) in [6.07, 6.45) is -4.52. The van der Waals surface area contributed by atoms with E-state index in [1.54, 1.807) is 19.1 Å². The van der Waals surface area contributed by atoms with Gasteiger partial charge in [0, 0.05) is 11.1 Å². The van der Waals surface area contributed by atoms with E-state index in [0.717, 1.165) is 12.1 Å². The summed E-state index contributed by atoms with van der Waals surface area (Å²) < 4.78 is 43.8. The average molecular weight is 310 g/mol. The van der Waals surface area contributed by atoms with Gasteiger partial charge in [0.15, 0.2) is 0 Å². The van der Waals surface area contributed by atoms with Crippen molar-refractivity contribution in [2.75, 3.05) is 7.11 Å². The van der Waals surface area contributed by atoms with E-state index < -0.39 is 17.7 Å². The summed E-state index contributed by atoms with van der Waals surface area (Å²) in [5.74, 6) is -1.02. The molecule has 0 amide bonds. The Balaban J connectivity index is 2.76. The molecule has 2 aromatic rings. The first kappa shape index (κ1) is 15.9. The number of halogens is 3. The van der Waals surface area contributed by atoms with Crippen molar-refractivity contribution in [2.45, 2.75) is 13.1 Å². The molecular weight excluding hydrogens is 297 g/mol. The van der Waals surface area contributed by atoms with E-state index in [1.165, 1.54) is 19.2 Å². The van der Waals surface area contributed by atoms with Gasteiger partial charge in [-0.25, -0.2) is 4.79 Å². The van der Waals surface area contributed by atoms with Gasteiger partial charge in [-0.2, -0.15) is 13.2 Å². The highest BCUT2D eigenvalue weighted by Gasteiger charge is 2.31. The number of methoxy groups -OCH3 is 1. The number of ether oxygens (including phenoxy) is 1. The fraction of sp³-hybridized carbons (Fsp3) is 0.188. The molecule has 1 N–H and O–H groups in total. The Morgan fingerprint density at radius 2 is 1.82 bits per heavy atom. The summed E-state index contributed by atoms with van der Waals surface area (Å²) in [6.45, 7) is 1.59. The third kappa shape index (κ3) is 2.90. The van der Waals surface area contributed by atoms with Crippen LogP contribution in [0.15, 0.2) is 36.4 Å². The first-order valence-electron chi connectivity index (χ1n) is 6.34. The molecule has 116 valence electrons. The van der Waals surface area contributed by atoms with E-state index in [0.29, 0.717) is 5.56 Å². The Kier molecular flexibility index (Phi) is 4.12. The molecule has 2 aromatic carbocycles. The Morgan fingerprint density at radius 1 is 1.14 bits per heavy atom. The molecule has 3 nitrogen and oxygen atoms in total. The van der Waals surface area contributed by atoms with Crippen LogP contribution in [0.3, 0.4) is 0 Å². The molecule has 0 spiro atoms. The van der Waals surface area contributed by atoms with E-state index in [-0.39, 0.29) is 22.4 Å². The standard InChI is InChI=1S/C16H13F3O3/c1-9-4-3-5-11(14(9)15(20)21)12-8-10(16(17,18)19)6-7-13(12)22-2/h3-8H,1-2H3,(H,20,21). The highest BCUT2D eigenvalue weighted by molar-refractivity contribution is 5.98. The van der Waals surface area contributed by atoms with E-state index in [2.05, 4.69) is 0 Å². The minimum absolute atomic E-state index is 0.0416. The first-order chi connectivity index (χ1) is 10.3. The molecule has 22 heavy (non-hydrogen) atoms. The van der Waals surface area contributed by atoms with Crippen LogP contribution in [0.5, 0.6) is 5.75 Å². The predicted molar refractivity (Wildman–Crippen MR) is 75.1 cm³/mol. The van der Waals surface area contributed by atoms with Crippen LogP contribution in [0, 0.1) is 6.92 Å². The predicted octanol–water partition coefficient (Wildman–Crippen LogP) is 4.39. The van der Waals surface area contributed by atoms with Gasteiger partial charge in [-0.05, 0) is 30.7 Å². The molecular formula is C16H13F3O3. The maximum atomic E-state index is 12.9. The van der Waals surface area contributed by atoms with Crippen molar-refractivity contribution in [1.29, 1.82) is 0 Å². The molecule has 0 aliphatic carbocycles. The highest BCUT2D eigenvalue weighted by Crippen LogP contribution is 2.38. The number of aromatic carboxylic acids is 1. The van der Waals surface area contributed by atoms with E-state index in [4.69, 9.17) is 4.74 Å². The van der Waals surface area contributed by atoms with Crippen LogP contribution in [0.1, 0.15) is 21.5 Å². The average Bonchev–Trinajstić information content (AvgIpc) is 2.44. The number of benzene rings is 2. The topological polar surface area (TPSA) is 46.5 Å². The number of aryl methyl sites for hydroxylation is 1. The van der Waals surface area contributed by atoms with E-state index >= 15 is 0 Å². The zero-order valence-electron chi connectivity index (χ0n) is 11.9. The number of carbonyl (C=O) groups is 1. The van der Waals surface area contributed by atoms with Gasteiger partial charge in [0.1, 0.15) is 5.75 Å². The summed E-state index contributed by atoms with van der Waals surface area (Å²) in [5.41, 5.74) is -0.153. The molecule has 0 heterocycles. The lowest BCUT2D eigenvalue weighted by Gasteiger charge is -2.15. The molecule has 0 aromatic heterocycles. The van der Waals surface area contributed by atoms with Crippen LogP contribution in [-0.2, 0) is 6.18 Å². The van der Waals surface area contributed by atoms with Crippen LogP contribution in [0.4, 0.5) is 13.2 Å². The zero-order chi connectivity index (χ0) is 16.5. The van der Waals surface area contributed by atoms with Gasteiger partial charge in [0.2, 0.25) is 0 Å². The summed E-state index contributed by atoms with van der Waals surface area (Å²) in [7, 11) is 1.32. The van der Waals surface area contributed by atoms with Crippen molar-refractivity contribution in [2.24, 2.45) is 0 Å². The fourth-order valence-electron chi connectivity index (χ4n) is 2.27. The summed E-state index contributed by atoms with van der Waals surface area (Å²) in [5, 5.41) is 9.34. The van der Waals surface area contributed by atoms with Gasteiger partial charge >= 0.3 is 12.1 Å².